The first-order chi connectivity index (χ1) is 19.8. The Hall–Kier alpha value is -4.06. The molecule has 5 heterocycles. The Bertz CT molecular complexity index is 1660. The number of anilines is 2. The maximum Gasteiger partial charge on any atom is 0.242 e. The minimum Gasteiger partial charge on any atom is -0.367 e. The van der Waals surface area contributed by atoms with Gasteiger partial charge >= 0.3 is 0 Å². The molecular weight excluding hydrogens is 545 g/mol. The number of hydrogen-bond donors (Lipinski definition) is 0. The van der Waals surface area contributed by atoms with Crippen molar-refractivity contribution >= 4 is 38.3 Å². The largest absolute Gasteiger partial charge is 0.367 e. The van der Waals surface area contributed by atoms with Gasteiger partial charge in [-0.2, -0.15) is 0 Å². The Labute approximate surface area is 238 Å². The van der Waals surface area contributed by atoms with E-state index in [0.717, 1.165) is 16.6 Å². The van der Waals surface area contributed by atoms with Crippen molar-refractivity contribution in [2.75, 3.05) is 55.3 Å². The summed E-state index contributed by atoms with van der Waals surface area (Å²) in [5, 5.41) is 0.727. The SMILES string of the molecule is CS(=O)(=O)C1CCN(c2ncc(-c3cc(F)ccc3N3CCN(C(=O)Cn4ccc5ccncc54)CC3)cn2)CC1. The maximum absolute atomic E-state index is 14.4. The molecule has 0 bridgehead atoms. The Morgan fingerprint density at radius 2 is 1.68 bits per heavy atom. The Morgan fingerprint density at radius 3 is 2.39 bits per heavy atom. The van der Waals surface area contributed by atoms with Crippen LogP contribution in [0.15, 0.2) is 61.3 Å². The predicted octanol–water partition coefficient (Wildman–Crippen LogP) is 2.99. The number of benzene rings is 1. The third-order valence-corrected chi connectivity index (χ3v) is 9.78. The third-order valence-electron chi connectivity index (χ3n) is 8.09. The maximum atomic E-state index is 14.4. The molecule has 2 aliphatic rings. The van der Waals surface area contributed by atoms with Gasteiger partial charge in [-0.15, -0.1) is 0 Å². The molecular formula is C29H32FN7O3S. The van der Waals surface area contributed by atoms with E-state index in [0.29, 0.717) is 69.2 Å². The molecule has 1 amide bonds. The topological polar surface area (TPSA) is 105 Å². The molecule has 1 aromatic carbocycles. The van der Waals surface area contributed by atoms with Crippen LogP contribution in [-0.2, 0) is 21.2 Å². The average molecular weight is 578 g/mol. The van der Waals surface area contributed by atoms with Crippen LogP contribution in [0.3, 0.4) is 0 Å². The number of hydrogen-bond acceptors (Lipinski definition) is 8. The van der Waals surface area contributed by atoms with Gasteiger partial charge in [0, 0.05) is 92.5 Å². The zero-order valence-corrected chi connectivity index (χ0v) is 23.7. The highest BCUT2D eigenvalue weighted by Gasteiger charge is 2.28. The summed E-state index contributed by atoms with van der Waals surface area (Å²) in [6.07, 6.45) is 11.2. The molecule has 0 aliphatic carbocycles. The number of carbonyl (C=O) groups excluding carboxylic acids is 1. The third kappa shape index (κ3) is 5.74. The lowest BCUT2D eigenvalue weighted by Crippen LogP contribution is -2.49. The van der Waals surface area contributed by atoms with Crippen molar-refractivity contribution in [2.24, 2.45) is 0 Å². The smallest absolute Gasteiger partial charge is 0.242 e. The van der Waals surface area contributed by atoms with Crippen LogP contribution in [0.5, 0.6) is 0 Å². The highest BCUT2D eigenvalue weighted by Crippen LogP contribution is 2.32. The van der Waals surface area contributed by atoms with E-state index in [2.05, 4.69) is 19.9 Å². The van der Waals surface area contributed by atoms with Crippen LogP contribution in [0.25, 0.3) is 22.0 Å². The number of sulfone groups is 1. The monoisotopic (exact) mass is 577 g/mol. The second-order valence-electron chi connectivity index (χ2n) is 10.7. The molecule has 12 heteroatoms. The first-order valence-corrected chi connectivity index (χ1v) is 15.7. The fourth-order valence-corrected chi connectivity index (χ4v) is 6.80. The van der Waals surface area contributed by atoms with Gasteiger partial charge in [-0.05, 0) is 43.2 Å². The number of rotatable bonds is 6. The number of piperidine rings is 1. The van der Waals surface area contributed by atoms with E-state index in [9.17, 15) is 17.6 Å². The molecule has 0 N–H and O–H groups in total. The molecule has 0 unspecified atom stereocenters. The summed E-state index contributed by atoms with van der Waals surface area (Å²) in [7, 11) is -3.05. The summed E-state index contributed by atoms with van der Waals surface area (Å²) < 4.78 is 40.1. The Morgan fingerprint density at radius 1 is 0.951 bits per heavy atom. The van der Waals surface area contributed by atoms with E-state index >= 15 is 0 Å². The zero-order chi connectivity index (χ0) is 28.6. The second-order valence-corrected chi connectivity index (χ2v) is 13.0. The molecule has 2 fully saturated rings. The Kier molecular flexibility index (Phi) is 7.33. The lowest BCUT2D eigenvalue weighted by Gasteiger charge is -2.37. The van der Waals surface area contributed by atoms with Gasteiger partial charge < -0.3 is 19.3 Å². The van der Waals surface area contributed by atoms with Crippen LogP contribution in [0.2, 0.25) is 0 Å². The number of halogens is 1. The summed E-state index contributed by atoms with van der Waals surface area (Å²) >= 11 is 0. The van der Waals surface area contributed by atoms with Gasteiger partial charge in [-0.1, -0.05) is 0 Å². The molecule has 0 spiro atoms. The summed E-state index contributed by atoms with van der Waals surface area (Å²) in [6.45, 7) is 3.76. The molecule has 3 aromatic heterocycles. The van der Waals surface area contributed by atoms with E-state index in [1.807, 2.05) is 32.7 Å². The van der Waals surface area contributed by atoms with E-state index in [-0.39, 0.29) is 23.5 Å². The van der Waals surface area contributed by atoms with Gasteiger partial charge in [0.25, 0.3) is 0 Å². The van der Waals surface area contributed by atoms with E-state index in [4.69, 9.17) is 0 Å². The van der Waals surface area contributed by atoms with E-state index in [1.54, 1.807) is 30.9 Å². The van der Waals surface area contributed by atoms with Crippen LogP contribution >= 0.6 is 0 Å². The second kappa shape index (κ2) is 11.1. The average Bonchev–Trinajstić information content (AvgIpc) is 3.39. The van der Waals surface area contributed by atoms with Crippen LogP contribution in [0.4, 0.5) is 16.0 Å². The molecule has 10 nitrogen and oxygen atoms in total. The number of nitrogens with zero attached hydrogens (tertiary/aromatic N) is 7. The van der Waals surface area contributed by atoms with Gasteiger partial charge in [0.05, 0.1) is 17.0 Å². The molecule has 6 rings (SSSR count). The first kappa shape index (κ1) is 27.1. The van der Waals surface area contributed by atoms with Gasteiger partial charge in [0.2, 0.25) is 11.9 Å². The van der Waals surface area contributed by atoms with E-state index in [1.165, 1.54) is 18.4 Å². The fourth-order valence-electron chi connectivity index (χ4n) is 5.73. The number of aromatic nitrogens is 4. The number of carbonyl (C=O) groups is 1. The van der Waals surface area contributed by atoms with Gasteiger partial charge in [-0.25, -0.2) is 22.8 Å². The van der Waals surface area contributed by atoms with Crippen molar-refractivity contribution in [3.05, 3.63) is 67.1 Å². The normalized spacial score (nSPS) is 16.9. The minimum atomic E-state index is -3.05. The number of piperazine rings is 1. The molecule has 0 radical (unpaired) electrons. The van der Waals surface area contributed by atoms with Crippen molar-refractivity contribution in [1.82, 2.24) is 24.4 Å². The van der Waals surface area contributed by atoms with Crippen molar-refractivity contribution in [1.29, 1.82) is 0 Å². The van der Waals surface area contributed by atoms with Crippen LogP contribution in [-0.4, -0.2) is 89.5 Å². The quantitative estimate of drug-likeness (QED) is 0.345. The van der Waals surface area contributed by atoms with Crippen molar-refractivity contribution in [2.45, 2.75) is 24.6 Å². The van der Waals surface area contributed by atoms with Crippen molar-refractivity contribution < 1.29 is 17.6 Å². The molecule has 0 atom stereocenters. The van der Waals surface area contributed by atoms with Gasteiger partial charge in [-0.3, -0.25) is 9.78 Å². The van der Waals surface area contributed by atoms with Crippen molar-refractivity contribution in [3.63, 3.8) is 0 Å². The van der Waals surface area contributed by atoms with Crippen LogP contribution in [0.1, 0.15) is 12.8 Å². The molecule has 2 aliphatic heterocycles. The zero-order valence-electron chi connectivity index (χ0n) is 22.9. The summed E-state index contributed by atoms with van der Waals surface area (Å²) in [5.41, 5.74) is 3.19. The number of fused-ring (bicyclic) bond motifs is 1. The lowest BCUT2D eigenvalue weighted by molar-refractivity contribution is -0.132. The van der Waals surface area contributed by atoms with Crippen LogP contribution < -0.4 is 9.80 Å². The molecule has 0 saturated carbocycles. The highest BCUT2D eigenvalue weighted by atomic mass is 32.2. The van der Waals surface area contributed by atoms with E-state index < -0.39 is 9.84 Å². The van der Waals surface area contributed by atoms with Crippen molar-refractivity contribution in [3.8, 4) is 11.1 Å². The number of pyridine rings is 1. The molecule has 214 valence electrons. The van der Waals surface area contributed by atoms with Gasteiger partial charge in [0.1, 0.15) is 22.2 Å². The van der Waals surface area contributed by atoms with Crippen LogP contribution in [0, 0.1) is 5.82 Å². The molecule has 4 aromatic rings. The molecule has 41 heavy (non-hydrogen) atoms. The first-order valence-electron chi connectivity index (χ1n) is 13.7. The summed E-state index contributed by atoms with van der Waals surface area (Å²) in [6, 6.07) is 8.62. The molecule has 2 saturated heterocycles. The highest BCUT2D eigenvalue weighted by molar-refractivity contribution is 7.91. The standard InChI is InChI=1S/C29H32FN7O3S/c1-41(39,40)24-6-10-36(11-7-24)29-32-17-22(18-33-29)25-16-23(30)2-3-26(25)34-12-14-35(15-13-34)28(38)20-37-9-5-21-4-8-31-19-27(21)37/h2-5,8-9,16-19,24H,6-7,10-15,20H2,1H3. The fraction of sp³-hybridized carbons (Fsp3) is 0.379. The predicted molar refractivity (Wildman–Crippen MR) is 156 cm³/mol. The minimum absolute atomic E-state index is 0.0508. The summed E-state index contributed by atoms with van der Waals surface area (Å²) in [5.74, 6) is 0.241. The van der Waals surface area contributed by atoms with Gasteiger partial charge in [0.15, 0.2) is 0 Å². The lowest BCUT2D eigenvalue weighted by atomic mass is 10.0. The summed E-state index contributed by atoms with van der Waals surface area (Å²) in [4.78, 5) is 32.4. The Balaban J connectivity index is 1.12. The number of amides is 1.